The smallest absolute Gasteiger partial charge is 0.221 e. The summed E-state index contributed by atoms with van der Waals surface area (Å²) in [7, 11) is 0. The molecule has 5 nitrogen and oxygen atoms in total. The van der Waals surface area contributed by atoms with Crippen molar-refractivity contribution in [2.75, 3.05) is 6.67 Å². The predicted molar refractivity (Wildman–Crippen MR) is 55.1 cm³/mol. The summed E-state index contributed by atoms with van der Waals surface area (Å²) < 4.78 is 11.9. The number of pyridine rings is 1. The van der Waals surface area contributed by atoms with Gasteiger partial charge in [0.1, 0.15) is 5.69 Å². The third-order valence-corrected chi connectivity index (χ3v) is 1.95. The van der Waals surface area contributed by atoms with Gasteiger partial charge in [0, 0.05) is 12.6 Å². The van der Waals surface area contributed by atoms with Gasteiger partial charge in [-0.1, -0.05) is 6.07 Å². The van der Waals surface area contributed by atoms with Gasteiger partial charge >= 0.3 is 0 Å². The summed E-state index contributed by atoms with van der Waals surface area (Å²) in [6.07, 6.45) is 2.50. The van der Waals surface area contributed by atoms with Crippen LogP contribution in [0.1, 0.15) is 12.2 Å². The van der Waals surface area contributed by atoms with E-state index in [1.54, 1.807) is 18.3 Å². The number of hydrogen-bond acceptors (Lipinski definition) is 5. The molecule has 0 saturated carbocycles. The largest absolute Gasteiger partial charge is 0.253 e. The van der Waals surface area contributed by atoms with Crippen molar-refractivity contribution in [2.45, 2.75) is 12.8 Å². The zero-order valence-electron chi connectivity index (χ0n) is 8.54. The maximum atomic E-state index is 11.9. The Hall–Kier alpha value is -1.98. The fourth-order valence-corrected chi connectivity index (χ4v) is 1.17. The minimum atomic E-state index is -0.384. The van der Waals surface area contributed by atoms with E-state index < -0.39 is 0 Å². The fraction of sp³-hybridized carbons (Fsp3) is 0.300. The van der Waals surface area contributed by atoms with Crippen LogP contribution in [0.2, 0.25) is 0 Å². The van der Waals surface area contributed by atoms with Crippen molar-refractivity contribution in [3.63, 3.8) is 0 Å². The Labute approximate surface area is 91.8 Å². The van der Waals surface area contributed by atoms with Gasteiger partial charge in [-0.15, -0.1) is 20.4 Å². The summed E-state index contributed by atoms with van der Waals surface area (Å²) >= 11 is 0. The summed E-state index contributed by atoms with van der Waals surface area (Å²) in [5.74, 6) is 0.835. The molecule has 2 aromatic heterocycles. The molecular weight excluding hydrogens is 209 g/mol. The molecule has 0 radical (unpaired) electrons. The van der Waals surface area contributed by atoms with Crippen LogP contribution in [-0.4, -0.2) is 32.1 Å². The number of aryl methyl sites for hydroxylation is 1. The SMILES string of the molecule is FCCCc1nnc(-c2ccccn2)nn1. The van der Waals surface area contributed by atoms with Gasteiger partial charge in [0.15, 0.2) is 5.82 Å². The van der Waals surface area contributed by atoms with Gasteiger partial charge in [-0.2, -0.15) is 0 Å². The quantitative estimate of drug-likeness (QED) is 0.773. The zero-order chi connectivity index (χ0) is 11.2. The van der Waals surface area contributed by atoms with E-state index in [4.69, 9.17) is 0 Å². The molecule has 0 unspecified atom stereocenters. The second-order valence-electron chi connectivity index (χ2n) is 3.15. The number of hydrogen-bond donors (Lipinski definition) is 0. The monoisotopic (exact) mass is 219 g/mol. The first kappa shape index (κ1) is 10.5. The van der Waals surface area contributed by atoms with Gasteiger partial charge < -0.3 is 0 Å². The molecule has 0 aliphatic carbocycles. The third-order valence-electron chi connectivity index (χ3n) is 1.95. The van der Waals surface area contributed by atoms with Gasteiger partial charge in [0.25, 0.3) is 0 Å². The summed E-state index contributed by atoms with van der Waals surface area (Å²) in [6, 6.07) is 5.42. The summed E-state index contributed by atoms with van der Waals surface area (Å²) in [6.45, 7) is -0.384. The lowest BCUT2D eigenvalue weighted by Crippen LogP contribution is -2.03. The molecule has 0 amide bonds. The molecule has 2 heterocycles. The van der Waals surface area contributed by atoms with Crippen LogP contribution in [-0.2, 0) is 6.42 Å². The Morgan fingerprint density at radius 2 is 1.88 bits per heavy atom. The molecule has 0 aliphatic heterocycles. The normalized spacial score (nSPS) is 10.3. The Balaban J connectivity index is 2.13. The van der Waals surface area contributed by atoms with Gasteiger partial charge in [0.2, 0.25) is 5.82 Å². The molecule has 6 heteroatoms. The first-order valence-electron chi connectivity index (χ1n) is 4.94. The maximum Gasteiger partial charge on any atom is 0.221 e. The highest BCUT2D eigenvalue weighted by molar-refractivity contribution is 5.46. The second kappa shape index (κ2) is 5.20. The van der Waals surface area contributed by atoms with Crippen molar-refractivity contribution in [3.8, 4) is 11.5 Å². The lowest BCUT2D eigenvalue weighted by molar-refractivity contribution is 0.467. The lowest BCUT2D eigenvalue weighted by Gasteiger charge is -1.98. The maximum absolute atomic E-state index is 11.9. The highest BCUT2D eigenvalue weighted by atomic mass is 19.1. The van der Waals surface area contributed by atoms with Crippen molar-refractivity contribution in [1.82, 2.24) is 25.4 Å². The van der Waals surface area contributed by atoms with Gasteiger partial charge in [-0.25, -0.2) is 0 Å². The van der Waals surface area contributed by atoms with E-state index >= 15 is 0 Å². The van der Waals surface area contributed by atoms with Crippen molar-refractivity contribution in [3.05, 3.63) is 30.2 Å². The van der Waals surface area contributed by atoms with E-state index in [0.717, 1.165) is 0 Å². The number of aromatic nitrogens is 5. The molecule has 0 N–H and O–H groups in total. The van der Waals surface area contributed by atoms with Crippen LogP contribution in [0, 0.1) is 0 Å². The lowest BCUT2D eigenvalue weighted by atomic mass is 10.3. The van der Waals surface area contributed by atoms with Crippen LogP contribution in [0.25, 0.3) is 11.5 Å². The number of halogens is 1. The molecule has 0 aromatic carbocycles. The Morgan fingerprint density at radius 3 is 2.50 bits per heavy atom. The second-order valence-corrected chi connectivity index (χ2v) is 3.15. The van der Waals surface area contributed by atoms with E-state index in [0.29, 0.717) is 30.2 Å². The van der Waals surface area contributed by atoms with Crippen LogP contribution in [0.5, 0.6) is 0 Å². The van der Waals surface area contributed by atoms with Crippen LogP contribution >= 0.6 is 0 Å². The number of alkyl halides is 1. The third kappa shape index (κ3) is 2.53. The van der Waals surface area contributed by atoms with Crippen LogP contribution in [0.15, 0.2) is 24.4 Å². The molecule has 16 heavy (non-hydrogen) atoms. The first-order valence-corrected chi connectivity index (χ1v) is 4.94. The van der Waals surface area contributed by atoms with E-state index in [1.165, 1.54) is 0 Å². The van der Waals surface area contributed by atoms with E-state index in [2.05, 4.69) is 25.4 Å². The van der Waals surface area contributed by atoms with E-state index in [9.17, 15) is 4.39 Å². The average Bonchev–Trinajstić information content (AvgIpc) is 2.38. The Morgan fingerprint density at radius 1 is 1.06 bits per heavy atom. The number of nitrogens with zero attached hydrogens (tertiary/aromatic N) is 5. The molecular formula is C10H10FN5. The topological polar surface area (TPSA) is 64.5 Å². The highest BCUT2D eigenvalue weighted by Crippen LogP contribution is 2.07. The van der Waals surface area contributed by atoms with Crippen molar-refractivity contribution in [1.29, 1.82) is 0 Å². The fourth-order valence-electron chi connectivity index (χ4n) is 1.17. The molecule has 0 saturated heterocycles. The van der Waals surface area contributed by atoms with Crippen molar-refractivity contribution in [2.24, 2.45) is 0 Å². The minimum absolute atomic E-state index is 0.379. The molecule has 2 rings (SSSR count). The molecule has 0 bridgehead atoms. The van der Waals surface area contributed by atoms with Gasteiger partial charge in [-0.3, -0.25) is 9.37 Å². The summed E-state index contributed by atoms with van der Waals surface area (Å²) in [5, 5.41) is 15.5. The van der Waals surface area contributed by atoms with Crippen LogP contribution in [0.4, 0.5) is 4.39 Å². The van der Waals surface area contributed by atoms with Crippen LogP contribution < -0.4 is 0 Å². The molecule has 0 spiro atoms. The van der Waals surface area contributed by atoms with Crippen molar-refractivity contribution >= 4 is 0 Å². The summed E-state index contributed by atoms with van der Waals surface area (Å²) in [4.78, 5) is 4.08. The first-order chi connectivity index (χ1) is 7.90. The summed E-state index contributed by atoms with van der Waals surface area (Å²) in [5.41, 5.74) is 0.625. The molecule has 0 atom stereocenters. The van der Waals surface area contributed by atoms with Gasteiger partial charge in [-0.05, 0) is 18.6 Å². The van der Waals surface area contributed by atoms with Crippen LogP contribution in [0.3, 0.4) is 0 Å². The number of rotatable bonds is 4. The minimum Gasteiger partial charge on any atom is -0.253 e. The van der Waals surface area contributed by atoms with E-state index in [1.807, 2.05) is 6.07 Å². The predicted octanol–water partition coefficient (Wildman–Crippen LogP) is 1.23. The standard InChI is InChI=1S/C10H10FN5/c11-6-3-5-9-13-15-10(16-14-9)8-4-1-2-7-12-8/h1-2,4,7H,3,5-6H2. The highest BCUT2D eigenvalue weighted by Gasteiger charge is 2.04. The molecule has 2 aromatic rings. The molecule has 0 fully saturated rings. The van der Waals surface area contributed by atoms with Crippen molar-refractivity contribution < 1.29 is 4.39 Å². The van der Waals surface area contributed by atoms with Gasteiger partial charge in [0.05, 0.1) is 6.67 Å². The zero-order valence-corrected chi connectivity index (χ0v) is 8.54. The Bertz CT molecular complexity index is 431. The average molecular weight is 219 g/mol. The van der Waals surface area contributed by atoms with E-state index in [-0.39, 0.29) is 6.67 Å². The molecule has 0 aliphatic rings. The Kier molecular flexibility index (Phi) is 3.42. The molecule has 82 valence electrons.